The maximum Gasteiger partial charge on any atom is 0.336 e. The molecule has 0 unspecified atom stereocenters. The average Bonchev–Trinajstić information content (AvgIpc) is 2.91. The van der Waals surface area contributed by atoms with Gasteiger partial charge in [0.25, 0.3) is 0 Å². The van der Waals surface area contributed by atoms with Crippen LogP contribution in [0.4, 0.5) is 4.39 Å². The summed E-state index contributed by atoms with van der Waals surface area (Å²) in [6.07, 6.45) is 1.48. The highest BCUT2D eigenvalue weighted by molar-refractivity contribution is 6.03. The summed E-state index contributed by atoms with van der Waals surface area (Å²) in [5.74, 6) is -1.16. The Labute approximate surface area is 107 Å². The van der Waals surface area contributed by atoms with Gasteiger partial charge in [-0.3, -0.25) is 0 Å². The van der Waals surface area contributed by atoms with Gasteiger partial charge in [0.15, 0.2) is 5.76 Å². The molecule has 19 heavy (non-hydrogen) atoms. The molecule has 3 rings (SSSR count). The second-order valence-electron chi connectivity index (χ2n) is 4.00. The zero-order valence-electron chi connectivity index (χ0n) is 9.63. The highest BCUT2D eigenvalue weighted by Gasteiger charge is 2.14. The van der Waals surface area contributed by atoms with Gasteiger partial charge in [0.2, 0.25) is 0 Å². The maximum atomic E-state index is 13.2. The summed E-state index contributed by atoms with van der Waals surface area (Å²) >= 11 is 0. The van der Waals surface area contributed by atoms with Gasteiger partial charge in [-0.15, -0.1) is 0 Å². The fourth-order valence-corrected chi connectivity index (χ4v) is 1.93. The third-order valence-corrected chi connectivity index (χ3v) is 2.77. The van der Waals surface area contributed by atoms with Crippen LogP contribution in [0.2, 0.25) is 0 Å². The molecule has 0 spiro atoms. The number of nitrogens with zero attached hydrogens (tertiary/aromatic N) is 1. The van der Waals surface area contributed by atoms with E-state index in [1.165, 1.54) is 24.5 Å². The lowest BCUT2D eigenvalue weighted by molar-refractivity contribution is 0.0699. The van der Waals surface area contributed by atoms with Gasteiger partial charge in [-0.25, -0.2) is 14.2 Å². The van der Waals surface area contributed by atoms with Crippen molar-refractivity contribution in [3.05, 3.63) is 54.0 Å². The van der Waals surface area contributed by atoms with Crippen molar-refractivity contribution in [3.8, 4) is 11.5 Å². The second-order valence-corrected chi connectivity index (χ2v) is 4.00. The minimum absolute atomic E-state index is 0.00380. The van der Waals surface area contributed by atoms with Gasteiger partial charge in [0, 0.05) is 5.39 Å². The topological polar surface area (TPSA) is 63.3 Å². The molecule has 0 bridgehead atoms. The predicted octanol–water partition coefficient (Wildman–Crippen LogP) is 3.33. The minimum atomic E-state index is -1.13. The van der Waals surface area contributed by atoms with E-state index in [0.717, 1.165) is 6.07 Å². The van der Waals surface area contributed by atoms with E-state index in [1.807, 2.05) is 0 Å². The normalized spacial score (nSPS) is 10.8. The van der Waals surface area contributed by atoms with Crippen molar-refractivity contribution in [2.45, 2.75) is 0 Å². The van der Waals surface area contributed by atoms with Crippen molar-refractivity contribution in [1.29, 1.82) is 0 Å². The molecule has 5 heteroatoms. The number of furan rings is 1. The van der Waals surface area contributed by atoms with Crippen molar-refractivity contribution < 1.29 is 18.7 Å². The predicted molar refractivity (Wildman–Crippen MR) is 66.4 cm³/mol. The molecule has 1 aromatic carbocycles. The van der Waals surface area contributed by atoms with E-state index in [4.69, 9.17) is 4.42 Å². The molecule has 3 aromatic rings. The second kappa shape index (κ2) is 4.20. The first kappa shape index (κ1) is 11.4. The number of hydrogen-bond donors (Lipinski definition) is 1. The summed E-state index contributed by atoms with van der Waals surface area (Å²) < 4.78 is 18.4. The van der Waals surface area contributed by atoms with Crippen molar-refractivity contribution >= 4 is 16.9 Å². The third kappa shape index (κ3) is 1.95. The monoisotopic (exact) mass is 257 g/mol. The van der Waals surface area contributed by atoms with Crippen molar-refractivity contribution in [2.75, 3.05) is 0 Å². The quantitative estimate of drug-likeness (QED) is 0.764. The van der Waals surface area contributed by atoms with E-state index in [9.17, 15) is 14.3 Å². The van der Waals surface area contributed by atoms with Gasteiger partial charge < -0.3 is 9.52 Å². The smallest absolute Gasteiger partial charge is 0.336 e. The molecular weight excluding hydrogens is 249 g/mol. The number of hydrogen-bond acceptors (Lipinski definition) is 3. The number of carboxylic acid groups (broad SMARTS) is 1. The summed E-state index contributed by atoms with van der Waals surface area (Å²) in [5.41, 5.74) is 0.810. The first-order valence-electron chi connectivity index (χ1n) is 5.52. The first-order valence-corrected chi connectivity index (χ1v) is 5.52. The number of fused-ring (bicyclic) bond motifs is 1. The van der Waals surface area contributed by atoms with Crippen LogP contribution < -0.4 is 0 Å². The first-order chi connectivity index (χ1) is 9.15. The van der Waals surface area contributed by atoms with Gasteiger partial charge >= 0.3 is 5.97 Å². The number of halogens is 1. The molecule has 0 saturated carbocycles. The Kier molecular flexibility index (Phi) is 2.52. The van der Waals surface area contributed by atoms with Crippen LogP contribution in [0.3, 0.4) is 0 Å². The lowest BCUT2D eigenvalue weighted by Crippen LogP contribution is -2.00. The van der Waals surface area contributed by atoms with Crippen LogP contribution in [-0.2, 0) is 0 Å². The molecule has 0 aliphatic carbocycles. The average molecular weight is 257 g/mol. The van der Waals surface area contributed by atoms with Gasteiger partial charge in [0.05, 0.1) is 17.3 Å². The summed E-state index contributed by atoms with van der Waals surface area (Å²) in [6, 6.07) is 8.60. The molecule has 0 aliphatic heterocycles. The van der Waals surface area contributed by atoms with Gasteiger partial charge in [0.1, 0.15) is 11.5 Å². The van der Waals surface area contributed by atoms with Crippen molar-refractivity contribution in [2.24, 2.45) is 0 Å². The Hall–Kier alpha value is -2.69. The van der Waals surface area contributed by atoms with Gasteiger partial charge in [-0.05, 0) is 36.4 Å². The largest absolute Gasteiger partial charge is 0.478 e. The summed E-state index contributed by atoms with van der Waals surface area (Å²) in [6.45, 7) is 0. The molecule has 1 N–H and O–H groups in total. The number of carboxylic acids is 1. The number of aromatic nitrogens is 1. The van der Waals surface area contributed by atoms with E-state index in [2.05, 4.69) is 4.98 Å². The standard InChI is InChI=1S/C14H8FNO3/c15-8-3-4-11-9(6-8)10(14(17)18)7-12(16-11)13-2-1-5-19-13/h1-7H,(H,17,18). The molecule has 0 radical (unpaired) electrons. The fraction of sp³-hybridized carbons (Fsp3) is 0. The van der Waals surface area contributed by atoms with E-state index in [-0.39, 0.29) is 10.9 Å². The molecule has 0 fully saturated rings. The summed E-state index contributed by atoms with van der Waals surface area (Å²) in [4.78, 5) is 15.5. The highest BCUT2D eigenvalue weighted by atomic mass is 19.1. The molecule has 2 heterocycles. The van der Waals surface area contributed by atoms with Crippen molar-refractivity contribution in [3.63, 3.8) is 0 Å². The molecule has 0 amide bonds. The van der Waals surface area contributed by atoms with E-state index < -0.39 is 11.8 Å². The third-order valence-electron chi connectivity index (χ3n) is 2.77. The van der Waals surface area contributed by atoms with Crippen LogP contribution in [-0.4, -0.2) is 16.1 Å². The van der Waals surface area contributed by atoms with Crippen LogP contribution in [0.1, 0.15) is 10.4 Å². The van der Waals surface area contributed by atoms with Crippen molar-refractivity contribution in [1.82, 2.24) is 4.98 Å². The molecule has 0 saturated heterocycles. The highest BCUT2D eigenvalue weighted by Crippen LogP contribution is 2.25. The van der Waals surface area contributed by atoms with E-state index in [1.54, 1.807) is 12.1 Å². The molecular formula is C14H8FNO3. The molecule has 94 valence electrons. The van der Waals surface area contributed by atoms with Gasteiger partial charge in [-0.1, -0.05) is 0 Å². The Morgan fingerprint density at radius 3 is 2.79 bits per heavy atom. The fourth-order valence-electron chi connectivity index (χ4n) is 1.93. The Morgan fingerprint density at radius 2 is 2.11 bits per heavy atom. The van der Waals surface area contributed by atoms with Crippen LogP contribution in [0.5, 0.6) is 0 Å². The Bertz CT molecular complexity index is 766. The van der Waals surface area contributed by atoms with E-state index >= 15 is 0 Å². The molecule has 0 atom stereocenters. The lowest BCUT2D eigenvalue weighted by atomic mass is 10.1. The molecule has 2 aromatic heterocycles. The SMILES string of the molecule is O=C(O)c1cc(-c2ccco2)nc2ccc(F)cc12. The van der Waals surface area contributed by atoms with Crippen LogP contribution >= 0.6 is 0 Å². The maximum absolute atomic E-state index is 13.2. The summed E-state index contributed by atoms with van der Waals surface area (Å²) in [7, 11) is 0. The zero-order valence-corrected chi connectivity index (χ0v) is 9.63. The Balaban J connectivity index is 2.34. The van der Waals surface area contributed by atoms with Gasteiger partial charge in [-0.2, -0.15) is 0 Å². The van der Waals surface area contributed by atoms with Crippen LogP contribution in [0.15, 0.2) is 47.1 Å². The number of carbonyl (C=O) groups is 1. The lowest BCUT2D eigenvalue weighted by Gasteiger charge is -2.05. The van der Waals surface area contributed by atoms with Crippen LogP contribution in [0, 0.1) is 5.82 Å². The number of benzene rings is 1. The van der Waals surface area contributed by atoms with E-state index in [0.29, 0.717) is 17.0 Å². The number of pyridine rings is 1. The zero-order chi connectivity index (χ0) is 13.4. The number of aromatic carboxylic acids is 1. The number of rotatable bonds is 2. The summed E-state index contributed by atoms with van der Waals surface area (Å²) in [5, 5.41) is 9.48. The van der Waals surface area contributed by atoms with Crippen LogP contribution in [0.25, 0.3) is 22.4 Å². The minimum Gasteiger partial charge on any atom is -0.478 e. The Morgan fingerprint density at radius 1 is 1.26 bits per heavy atom. The molecule has 4 nitrogen and oxygen atoms in total. The molecule has 0 aliphatic rings.